The van der Waals surface area contributed by atoms with Crippen molar-refractivity contribution in [1.82, 2.24) is 5.32 Å². The van der Waals surface area contributed by atoms with E-state index in [-0.39, 0.29) is 11.3 Å². The lowest BCUT2D eigenvalue weighted by Crippen LogP contribution is -2.29. The van der Waals surface area contributed by atoms with Crippen LogP contribution < -0.4 is 5.32 Å². The molecule has 0 aliphatic carbocycles. The van der Waals surface area contributed by atoms with Gasteiger partial charge in [-0.15, -0.1) is 11.6 Å². The average Bonchev–Trinajstić information content (AvgIpc) is 1.65. The van der Waals surface area contributed by atoms with Crippen molar-refractivity contribution in [2.45, 2.75) is 12.3 Å². The van der Waals surface area contributed by atoms with E-state index in [2.05, 4.69) is 17.9 Å². The molecule has 0 aliphatic heterocycles. The molecule has 0 aromatic rings. The van der Waals surface area contributed by atoms with Crippen LogP contribution in [0.25, 0.3) is 0 Å². The maximum Gasteiger partial charge on any atom is 0.217 e. The Morgan fingerprint density at radius 3 is 2.62 bits per heavy atom. The second kappa shape index (κ2) is 4.04. The number of hydrogen-bond acceptors (Lipinski definition) is 2. The molecule has 8 heavy (non-hydrogen) atoms. The van der Waals surface area contributed by atoms with Crippen molar-refractivity contribution in [2.75, 3.05) is 5.88 Å². The lowest BCUT2D eigenvalue weighted by atomic mass is 10.6. The van der Waals surface area contributed by atoms with E-state index < -0.39 is 0 Å². The third kappa shape index (κ3) is 4.27. The molecule has 0 rings (SSSR count). The summed E-state index contributed by atoms with van der Waals surface area (Å²) in [4.78, 5) is 10.2. The highest BCUT2D eigenvalue weighted by Crippen LogP contribution is 1.91. The van der Waals surface area contributed by atoms with Gasteiger partial charge in [0.15, 0.2) is 0 Å². The van der Waals surface area contributed by atoms with E-state index in [0.717, 1.165) is 0 Å². The largest absolute Gasteiger partial charge is 0.344 e. The molecule has 0 aliphatic rings. The molecule has 4 heteroatoms. The van der Waals surface area contributed by atoms with Gasteiger partial charge in [0.25, 0.3) is 0 Å². The van der Waals surface area contributed by atoms with Crippen molar-refractivity contribution >= 4 is 30.1 Å². The molecule has 0 fully saturated rings. The van der Waals surface area contributed by atoms with Crippen LogP contribution in [0.3, 0.4) is 0 Å². The molecule has 0 radical (unpaired) electrons. The fourth-order valence-corrected chi connectivity index (χ4v) is 0.532. The van der Waals surface area contributed by atoms with Crippen molar-refractivity contribution in [2.24, 2.45) is 0 Å². The van der Waals surface area contributed by atoms with E-state index in [4.69, 9.17) is 11.6 Å². The molecular formula is C4H8ClNOS. The molecule has 0 bridgehead atoms. The number of thiol groups is 1. The summed E-state index contributed by atoms with van der Waals surface area (Å²) < 4.78 is 0. The number of carbonyl (C=O) groups is 1. The van der Waals surface area contributed by atoms with E-state index in [0.29, 0.717) is 5.88 Å². The monoisotopic (exact) mass is 153 g/mol. The Balaban J connectivity index is 3.24. The van der Waals surface area contributed by atoms with Gasteiger partial charge in [0.2, 0.25) is 5.91 Å². The van der Waals surface area contributed by atoms with Gasteiger partial charge in [0, 0.05) is 6.92 Å². The molecule has 1 amide bonds. The van der Waals surface area contributed by atoms with Crippen LogP contribution in [0.4, 0.5) is 0 Å². The molecular weight excluding hydrogens is 146 g/mol. The number of alkyl halides is 1. The normalized spacial score (nSPS) is 12.9. The zero-order valence-corrected chi connectivity index (χ0v) is 6.17. The Morgan fingerprint density at radius 1 is 2.00 bits per heavy atom. The summed E-state index contributed by atoms with van der Waals surface area (Å²) in [6, 6.07) is 0. The molecule has 1 N–H and O–H groups in total. The van der Waals surface area contributed by atoms with Crippen LogP contribution in [0.5, 0.6) is 0 Å². The number of halogens is 1. The van der Waals surface area contributed by atoms with Gasteiger partial charge in [-0.05, 0) is 0 Å². The smallest absolute Gasteiger partial charge is 0.217 e. The Bertz CT molecular complexity index is 88.1. The lowest BCUT2D eigenvalue weighted by molar-refractivity contribution is -0.119. The molecule has 0 spiro atoms. The standard InChI is InChI=1S/C4H8ClNOS/c1-3(7)6-4(8)2-5/h4,8H,2H2,1H3,(H,6,7). The molecule has 48 valence electrons. The van der Waals surface area contributed by atoms with Crippen LogP contribution in [0.1, 0.15) is 6.92 Å². The summed E-state index contributed by atoms with van der Waals surface area (Å²) >= 11 is 9.21. The van der Waals surface area contributed by atoms with E-state index in [1.807, 2.05) is 0 Å². The first-order chi connectivity index (χ1) is 3.66. The molecule has 0 heterocycles. The molecule has 0 aromatic carbocycles. The van der Waals surface area contributed by atoms with Crippen molar-refractivity contribution in [3.05, 3.63) is 0 Å². The second-order valence-corrected chi connectivity index (χ2v) is 2.30. The summed E-state index contributed by atoms with van der Waals surface area (Å²) in [5.41, 5.74) is 0. The number of amides is 1. The Labute approximate surface area is 59.0 Å². The summed E-state index contributed by atoms with van der Waals surface area (Å²) in [6.45, 7) is 1.43. The number of carbonyl (C=O) groups excluding carboxylic acids is 1. The highest BCUT2D eigenvalue weighted by Gasteiger charge is 1.98. The predicted octanol–water partition coefficient (Wildman–Crippen LogP) is 0.617. The minimum Gasteiger partial charge on any atom is -0.344 e. The first-order valence-corrected chi connectivity index (χ1v) is 3.23. The summed E-state index contributed by atoms with van der Waals surface area (Å²) in [6.07, 6.45) is 0. The molecule has 2 nitrogen and oxygen atoms in total. The van der Waals surface area contributed by atoms with Crippen molar-refractivity contribution in [3.8, 4) is 0 Å². The highest BCUT2D eigenvalue weighted by atomic mass is 35.5. The lowest BCUT2D eigenvalue weighted by Gasteiger charge is -2.04. The first-order valence-electron chi connectivity index (χ1n) is 2.18. The fraction of sp³-hybridized carbons (Fsp3) is 0.750. The van der Waals surface area contributed by atoms with Gasteiger partial charge in [-0.25, -0.2) is 0 Å². The summed E-state index contributed by atoms with van der Waals surface area (Å²) in [5.74, 6) is 0.230. The van der Waals surface area contributed by atoms with Crippen molar-refractivity contribution < 1.29 is 4.79 Å². The van der Waals surface area contributed by atoms with Gasteiger partial charge < -0.3 is 5.32 Å². The maximum atomic E-state index is 10.2. The molecule has 1 unspecified atom stereocenters. The van der Waals surface area contributed by atoms with Gasteiger partial charge in [0.1, 0.15) is 0 Å². The van der Waals surface area contributed by atoms with E-state index in [1.54, 1.807) is 0 Å². The average molecular weight is 154 g/mol. The van der Waals surface area contributed by atoms with Crippen LogP contribution in [-0.2, 0) is 4.79 Å². The van der Waals surface area contributed by atoms with Crippen molar-refractivity contribution in [3.63, 3.8) is 0 Å². The quantitative estimate of drug-likeness (QED) is 0.340. The second-order valence-electron chi connectivity index (χ2n) is 1.37. The predicted molar refractivity (Wildman–Crippen MR) is 37.3 cm³/mol. The summed E-state index contributed by atoms with van der Waals surface area (Å²) in [7, 11) is 0. The Kier molecular flexibility index (Phi) is 4.09. The van der Waals surface area contributed by atoms with E-state index in [9.17, 15) is 4.79 Å². The number of nitrogens with one attached hydrogen (secondary N) is 1. The number of rotatable bonds is 2. The topological polar surface area (TPSA) is 29.1 Å². The van der Waals surface area contributed by atoms with Crippen LogP contribution >= 0.6 is 24.2 Å². The van der Waals surface area contributed by atoms with Crippen molar-refractivity contribution in [1.29, 1.82) is 0 Å². The van der Waals surface area contributed by atoms with Gasteiger partial charge in [0.05, 0.1) is 11.3 Å². The van der Waals surface area contributed by atoms with Gasteiger partial charge >= 0.3 is 0 Å². The van der Waals surface area contributed by atoms with Crippen LogP contribution in [0, 0.1) is 0 Å². The zero-order valence-electron chi connectivity index (χ0n) is 4.52. The third-order valence-corrected chi connectivity index (χ3v) is 1.35. The van der Waals surface area contributed by atoms with Gasteiger partial charge in [-0.2, -0.15) is 12.6 Å². The van der Waals surface area contributed by atoms with E-state index in [1.165, 1.54) is 6.92 Å². The molecule has 0 aromatic heterocycles. The third-order valence-electron chi connectivity index (χ3n) is 0.516. The SMILES string of the molecule is CC(=O)NC(S)CCl. The fourth-order valence-electron chi connectivity index (χ4n) is 0.273. The van der Waals surface area contributed by atoms with Crippen LogP contribution in [0.2, 0.25) is 0 Å². The van der Waals surface area contributed by atoms with Crippen LogP contribution in [-0.4, -0.2) is 17.2 Å². The molecule has 1 atom stereocenters. The number of hydrogen-bond donors (Lipinski definition) is 2. The minimum atomic E-state index is -0.214. The van der Waals surface area contributed by atoms with Gasteiger partial charge in [-0.3, -0.25) is 4.79 Å². The summed E-state index contributed by atoms with van der Waals surface area (Å²) in [5, 5.41) is 2.27. The zero-order chi connectivity index (χ0) is 6.57. The minimum absolute atomic E-state index is 0.106. The highest BCUT2D eigenvalue weighted by molar-refractivity contribution is 7.81. The molecule has 0 saturated heterocycles. The Hall–Kier alpha value is 0.110. The maximum absolute atomic E-state index is 10.2. The molecule has 0 saturated carbocycles. The Morgan fingerprint density at radius 2 is 2.50 bits per heavy atom. The van der Waals surface area contributed by atoms with Crippen LogP contribution in [0.15, 0.2) is 0 Å². The first kappa shape index (κ1) is 8.11. The van der Waals surface area contributed by atoms with Gasteiger partial charge in [-0.1, -0.05) is 0 Å². The van der Waals surface area contributed by atoms with E-state index >= 15 is 0 Å².